The molecule has 2 unspecified atom stereocenters. The zero-order valence-corrected chi connectivity index (χ0v) is 11.8. The topological polar surface area (TPSA) is 18.5 Å². The van der Waals surface area contributed by atoms with Gasteiger partial charge in [0.1, 0.15) is 0 Å². The Kier molecular flexibility index (Phi) is 5.02. The summed E-state index contributed by atoms with van der Waals surface area (Å²) < 4.78 is 12.0. The third-order valence-corrected chi connectivity index (χ3v) is 4.91. The molecule has 0 amide bonds. The standard InChI is InChI=1S/C12H25O2P/c1-7(2)10-13-11(8(3)4)15-12(14-10)9(5)6/h7-12,15H,1-6H3. The van der Waals surface area contributed by atoms with Gasteiger partial charge in [0.2, 0.25) is 0 Å². The van der Waals surface area contributed by atoms with Gasteiger partial charge >= 0.3 is 0 Å². The first-order valence-corrected chi connectivity index (χ1v) is 7.14. The summed E-state index contributed by atoms with van der Waals surface area (Å²) in [6, 6.07) is 0. The van der Waals surface area contributed by atoms with E-state index in [4.69, 9.17) is 9.47 Å². The molecule has 1 fully saturated rings. The van der Waals surface area contributed by atoms with E-state index in [1.54, 1.807) is 0 Å². The highest BCUT2D eigenvalue weighted by Crippen LogP contribution is 2.42. The largest absolute Gasteiger partial charge is 0.345 e. The Morgan fingerprint density at radius 1 is 0.733 bits per heavy atom. The fourth-order valence-electron chi connectivity index (χ4n) is 1.57. The van der Waals surface area contributed by atoms with Crippen molar-refractivity contribution in [2.24, 2.45) is 17.8 Å². The summed E-state index contributed by atoms with van der Waals surface area (Å²) >= 11 is 0. The lowest BCUT2D eigenvalue weighted by molar-refractivity contribution is -0.209. The van der Waals surface area contributed by atoms with Crippen LogP contribution in [-0.4, -0.2) is 18.0 Å². The van der Waals surface area contributed by atoms with Crippen molar-refractivity contribution in [2.45, 2.75) is 59.5 Å². The van der Waals surface area contributed by atoms with Gasteiger partial charge in [-0.05, 0) is 11.8 Å². The van der Waals surface area contributed by atoms with E-state index >= 15 is 0 Å². The second kappa shape index (κ2) is 5.61. The molecule has 0 aromatic rings. The summed E-state index contributed by atoms with van der Waals surface area (Å²) in [5.74, 6) is 2.40. The van der Waals surface area contributed by atoms with Gasteiger partial charge in [0.15, 0.2) is 6.29 Å². The van der Waals surface area contributed by atoms with E-state index in [1.165, 1.54) is 0 Å². The lowest BCUT2D eigenvalue weighted by Gasteiger charge is -2.40. The van der Waals surface area contributed by atoms with Crippen molar-refractivity contribution in [3.8, 4) is 0 Å². The lowest BCUT2D eigenvalue weighted by atomic mass is 10.2. The van der Waals surface area contributed by atoms with Crippen molar-refractivity contribution in [1.82, 2.24) is 0 Å². The fraction of sp³-hybridized carbons (Fsp3) is 1.00. The summed E-state index contributed by atoms with van der Waals surface area (Å²) in [6.45, 7) is 13.3. The van der Waals surface area contributed by atoms with E-state index in [0.717, 1.165) is 8.58 Å². The Hall–Kier alpha value is 0.350. The predicted octanol–water partition coefficient (Wildman–Crippen LogP) is 3.66. The number of hydrogen-bond donors (Lipinski definition) is 0. The average Bonchev–Trinajstić information content (AvgIpc) is 2.16. The van der Waals surface area contributed by atoms with Gasteiger partial charge in [-0.15, -0.1) is 0 Å². The Morgan fingerprint density at radius 2 is 1.13 bits per heavy atom. The molecule has 0 aliphatic carbocycles. The zero-order valence-electron chi connectivity index (χ0n) is 10.8. The van der Waals surface area contributed by atoms with Crippen molar-refractivity contribution in [2.75, 3.05) is 0 Å². The van der Waals surface area contributed by atoms with Crippen molar-refractivity contribution in [3.05, 3.63) is 0 Å². The first-order valence-electron chi connectivity index (χ1n) is 5.98. The van der Waals surface area contributed by atoms with Crippen molar-refractivity contribution in [3.63, 3.8) is 0 Å². The maximum atomic E-state index is 5.98. The van der Waals surface area contributed by atoms with Crippen LogP contribution in [0.3, 0.4) is 0 Å². The van der Waals surface area contributed by atoms with Gasteiger partial charge in [0.05, 0.1) is 11.7 Å². The van der Waals surface area contributed by atoms with Crippen molar-refractivity contribution in [1.29, 1.82) is 0 Å². The Bertz CT molecular complexity index is 153. The number of ether oxygens (including phenoxy) is 2. The van der Waals surface area contributed by atoms with Gasteiger partial charge in [-0.25, -0.2) is 0 Å². The van der Waals surface area contributed by atoms with Crippen LogP contribution in [0.15, 0.2) is 0 Å². The van der Waals surface area contributed by atoms with Crippen LogP contribution in [0.2, 0.25) is 0 Å². The molecule has 0 bridgehead atoms. The Labute approximate surface area is 95.9 Å². The molecule has 1 heterocycles. The molecule has 0 aromatic carbocycles. The molecule has 0 aromatic heterocycles. The third kappa shape index (κ3) is 3.69. The minimum atomic E-state index is -0.00829. The fourth-order valence-corrected chi connectivity index (χ4v) is 3.09. The second-order valence-electron chi connectivity index (χ2n) is 5.38. The highest BCUT2D eigenvalue weighted by molar-refractivity contribution is 7.39. The van der Waals surface area contributed by atoms with E-state index in [9.17, 15) is 0 Å². The average molecular weight is 232 g/mol. The van der Waals surface area contributed by atoms with Gasteiger partial charge in [-0.1, -0.05) is 50.1 Å². The normalized spacial score (nSPS) is 34.6. The van der Waals surface area contributed by atoms with Crippen LogP contribution in [-0.2, 0) is 9.47 Å². The van der Waals surface area contributed by atoms with E-state index in [-0.39, 0.29) is 6.29 Å². The first kappa shape index (κ1) is 13.4. The predicted molar refractivity (Wildman–Crippen MR) is 66.4 cm³/mol. The van der Waals surface area contributed by atoms with Crippen LogP contribution in [0.25, 0.3) is 0 Å². The molecule has 0 radical (unpaired) electrons. The minimum absolute atomic E-state index is 0.00829. The molecular weight excluding hydrogens is 207 g/mol. The maximum absolute atomic E-state index is 5.98. The van der Waals surface area contributed by atoms with Crippen LogP contribution >= 0.6 is 8.58 Å². The summed E-state index contributed by atoms with van der Waals surface area (Å²) in [4.78, 5) is 0. The van der Waals surface area contributed by atoms with Gasteiger partial charge in [-0.2, -0.15) is 0 Å². The molecule has 2 atom stereocenters. The van der Waals surface area contributed by atoms with Gasteiger partial charge in [0, 0.05) is 5.92 Å². The molecule has 15 heavy (non-hydrogen) atoms. The maximum Gasteiger partial charge on any atom is 0.161 e. The van der Waals surface area contributed by atoms with E-state index in [1.807, 2.05) is 0 Å². The number of hydrogen-bond acceptors (Lipinski definition) is 2. The Morgan fingerprint density at radius 3 is 1.40 bits per heavy atom. The van der Waals surface area contributed by atoms with Crippen LogP contribution in [0, 0.1) is 17.8 Å². The number of rotatable bonds is 3. The molecule has 90 valence electrons. The summed E-state index contributed by atoms with van der Waals surface area (Å²) in [5.41, 5.74) is 0. The molecule has 0 spiro atoms. The highest BCUT2D eigenvalue weighted by Gasteiger charge is 2.34. The summed E-state index contributed by atoms with van der Waals surface area (Å²) in [5, 5.41) is 0. The van der Waals surface area contributed by atoms with Crippen molar-refractivity contribution >= 4 is 8.58 Å². The minimum Gasteiger partial charge on any atom is -0.345 e. The van der Waals surface area contributed by atoms with Crippen LogP contribution in [0.1, 0.15) is 41.5 Å². The second-order valence-corrected chi connectivity index (χ2v) is 6.85. The molecule has 2 nitrogen and oxygen atoms in total. The van der Waals surface area contributed by atoms with Gasteiger partial charge < -0.3 is 9.47 Å². The molecule has 1 aliphatic heterocycles. The highest BCUT2D eigenvalue weighted by atomic mass is 31.1. The summed E-state index contributed by atoms with van der Waals surface area (Å²) in [7, 11) is 0.779. The monoisotopic (exact) mass is 232 g/mol. The van der Waals surface area contributed by atoms with Gasteiger partial charge in [0.25, 0.3) is 0 Å². The first-order chi connectivity index (χ1) is 6.91. The van der Waals surface area contributed by atoms with E-state index in [2.05, 4.69) is 41.5 Å². The van der Waals surface area contributed by atoms with Gasteiger partial charge in [-0.3, -0.25) is 0 Å². The van der Waals surface area contributed by atoms with Crippen molar-refractivity contribution < 1.29 is 9.47 Å². The van der Waals surface area contributed by atoms with E-state index < -0.39 is 0 Å². The lowest BCUT2D eigenvalue weighted by Crippen LogP contribution is -2.39. The molecule has 1 rings (SSSR count). The quantitative estimate of drug-likeness (QED) is 0.691. The third-order valence-electron chi connectivity index (χ3n) is 2.65. The molecular formula is C12H25O2P. The Balaban J connectivity index is 2.64. The molecule has 0 N–H and O–H groups in total. The molecule has 1 aliphatic rings. The van der Waals surface area contributed by atoms with E-state index in [0.29, 0.717) is 29.4 Å². The molecule has 1 saturated heterocycles. The van der Waals surface area contributed by atoms with Crippen LogP contribution < -0.4 is 0 Å². The van der Waals surface area contributed by atoms with Crippen LogP contribution in [0.5, 0.6) is 0 Å². The smallest absolute Gasteiger partial charge is 0.161 e. The van der Waals surface area contributed by atoms with Crippen LogP contribution in [0.4, 0.5) is 0 Å². The molecule has 3 heteroatoms. The summed E-state index contributed by atoms with van der Waals surface area (Å²) in [6.07, 6.45) is -0.00829. The zero-order chi connectivity index (χ0) is 11.6. The molecule has 0 saturated carbocycles. The SMILES string of the molecule is CC(C)C1OC(C(C)C)PC(C(C)C)O1.